The van der Waals surface area contributed by atoms with Crippen molar-refractivity contribution in [2.45, 2.75) is 39.7 Å². The van der Waals surface area contributed by atoms with Crippen molar-refractivity contribution >= 4 is 5.91 Å². The number of rotatable bonds is 5. The van der Waals surface area contributed by atoms with Gasteiger partial charge in [0.25, 0.3) is 0 Å². The normalized spacial score (nSPS) is 12.6. The largest absolute Gasteiger partial charge is 0.347 e. The second kappa shape index (κ2) is 6.84. The van der Waals surface area contributed by atoms with Crippen molar-refractivity contribution in [2.75, 3.05) is 0 Å². The first-order valence-corrected chi connectivity index (χ1v) is 6.01. The molecule has 0 aromatic carbocycles. The van der Waals surface area contributed by atoms with Crippen LogP contribution in [-0.4, -0.2) is 10.9 Å². The zero-order valence-electron chi connectivity index (χ0n) is 10.7. The third kappa shape index (κ3) is 4.39. The van der Waals surface area contributed by atoms with Crippen LogP contribution in [0.5, 0.6) is 0 Å². The molecule has 0 fully saturated rings. The molecular formula is C14H20N2O. The highest BCUT2D eigenvalue weighted by molar-refractivity contribution is 5.77. The number of carbonyl (C=O) groups excluding carboxylic acids is 1. The van der Waals surface area contributed by atoms with Crippen LogP contribution in [0, 0.1) is 6.92 Å². The second-order valence-electron chi connectivity index (χ2n) is 4.01. The van der Waals surface area contributed by atoms with Gasteiger partial charge in [0.1, 0.15) is 0 Å². The Morgan fingerprint density at radius 2 is 2.29 bits per heavy atom. The molecule has 92 valence electrons. The molecule has 0 unspecified atom stereocenters. The van der Waals surface area contributed by atoms with E-state index < -0.39 is 0 Å². The van der Waals surface area contributed by atoms with Crippen molar-refractivity contribution in [1.82, 2.24) is 10.3 Å². The molecule has 1 aromatic rings. The maximum atomic E-state index is 11.6. The summed E-state index contributed by atoms with van der Waals surface area (Å²) in [4.78, 5) is 16.1. The van der Waals surface area contributed by atoms with Crippen molar-refractivity contribution in [3.05, 3.63) is 41.7 Å². The molecule has 1 rings (SSSR count). The Bertz CT molecular complexity index is 399. The number of allylic oxidation sites excluding steroid dienone is 1. The van der Waals surface area contributed by atoms with Crippen molar-refractivity contribution in [1.29, 1.82) is 0 Å². The van der Waals surface area contributed by atoms with Gasteiger partial charge in [-0.1, -0.05) is 25.1 Å². The van der Waals surface area contributed by atoms with Crippen molar-refractivity contribution in [3.63, 3.8) is 0 Å². The highest BCUT2D eigenvalue weighted by Gasteiger charge is 2.12. The standard InChI is InChI=1S/C14H20N2O/c1-4-6-10-14(17)16-12(5-2)13-9-7-8-11(3)15-13/h4,6-9,12H,5,10H2,1-3H3,(H,16,17)/b6-4+/t12-/m0/s1. The quantitative estimate of drug-likeness (QED) is 0.793. The number of hydrogen-bond acceptors (Lipinski definition) is 2. The number of nitrogens with zero attached hydrogens (tertiary/aromatic N) is 1. The van der Waals surface area contributed by atoms with E-state index in [9.17, 15) is 4.79 Å². The predicted octanol–water partition coefficient (Wildman–Crippen LogP) is 2.92. The lowest BCUT2D eigenvalue weighted by atomic mass is 10.1. The first kappa shape index (κ1) is 13.4. The smallest absolute Gasteiger partial charge is 0.224 e. The minimum Gasteiger partial charge on any atom is -0.347 e. The number of nitrogens with one attached hydrogen (secondary N) is 1. The minimum absolute atomic E-state index is 0.00709. The number of aromatic nitrogens is 1. The number of pyridine rings is 1. The highest BCUT2D eigenvalue weighted by atomic mass is 16.1. The van der Waals surface area contributed by atoms with E-state index in [0.717, 1.165) is 17.8 Å². The summed E-state index contributed by atoms with van der Waals surface area (Å²) in [5, 5.41) is 2.99. The summed E-state index contributed by atoms with van der Waals surface area (Å²) in [6.45, 7) is 5.91. The van der Waals surface area contributed by atoms with Crippen LogP contribution in [0.2, 0.25) is 0 Å². The Kier molecular flexibility index (Phi) is 5.40. The number of hydrogen-bond donors (Lipinski definition) is 1. The summed E-state index contributed by atoms with van der Waals surface area (Å²) < 4.78 is 0. The van der Waals surface area contributed by atoms with E-state index >= 15 is 0 Å². The molecule has 0 radical (unpaired) electrons. The molecule has 0 bridgehead atoms. The van der Waals surface area contributed by atoms with Gasteiger partial charge in [-0.2, -0.15) is 0 Å². The topological polar surface area (TPSA) is 42.0 Å². The fraction of sp³-hybridized carbons (Fsp3) is 0.429. The fourth-order valence-corrected chi connectivity index (χ4v) is 1.62. The number of carbonyl (C=O) groups is 1. The molecule has 0 aliphatic heterocycles. The highest BCUT2D eigenvalue weighted by Crippen LogP contribution is 2.14. The molecule has 1 heterocycles. The molecule has 3 nitrogen and oxygen atoms in total. The van der Waals surface area contributed by atoms with Crippen LogP contribution in [0.3, 0.4) is 0 Å². The SMILES string of the molecule is C/C=C/CC(=O)N[C@@H](CC)c1cccc(C)n1. The Labute approximate surface area is 103 Å². The van der Waals surface area contributed by atoms with Crippen LogP contribution >= 0.6 is 0 Å². The molecule has 1 amide bonds. The summed E-state index contributed by atoms with van der Waals surface area (Å²) in [5.41, 5.74) is 1.91. The molecule has 3 heteroatoms. The van der Waals surface area contributed by atoms with Crippen LogP contribution in [0.15, 0.2) is 30.4 Å². The third-order valence-corrected chi connectivity index (χ3v) is 2.55. The van der Waals surface area contributed by atoms with Gasteiger partial charge in [0.2, 0.25) is 5.91 Å². The predicted molar refractivity (Wildman–Crippen MR) is 69.6 cm³/mol. The molecule has 0 saturated carbocycles. The van der Waals surface area contributed by atoms with Gasteiger partial charge in [0.05, 0.1) is 11.7 Å². The molecular weight excluding hydrogens is 212 g/mol. The van der Waals surface area contributed by atoms with E-state index in [4.69, 9.17) is 0 Å². The van der Waals surface area contributed by atoms with Crippen LogP contribution in [-0.2, 0) is 4.79 Å². The van der Waals surface area contributed by atoms with Gasteiger partial charge in [0.15, 0.2) is 0 Å². The summed E-state index contributed by atoms with van der Waals surface area (Å²) >= 11 is 0. The van der Waals surface area contributed by atoms with Crippen LogP contribution in [0.25, 0.3) is 0 Å². The van der Waals surface area contributed by atoms with Gasteiger partial charge in [-0.05, 0) is 32.4 Å². The van der Waals surface area contributed by atoms with Crippen LogP contribution < -0.4 is 5.32 Å². The zero-order chi connectivity index (χ0) is 12.7. The lowest BCUT2D eigenvalue weighted by molar-refractivity contribution is -0.121. The van der Waals surface area contributed by atoms with Gasteiger partial charge in [0, 0.05) is 12.1 Å². The van der Waals surface area contributed by atoms with Crippen molar-refractivity contribution in [2.24, 2.45) is 0 Å². The van der Waals surface area contributed by atoms with Crippen molar-refractivity contribution < 1.29 is 4.79 Å². The van der Waals surface area contributed by atoms with E-state index in [-0.39, 0.29) is 11.9 Å². The Balaban J connectivity index is 2.68. The summed E-state index contributed by atoms with van der Waals surface area (Å²) in [6.07, 6.45) is 5.01. The first-order chi connectivity index (χ1) is 8.17. The molecule has 0 spiro atoms. The third-order valence-electron chi connectivity index (χ3n) is 2.55. The number of amides is 1. The summed E-state index contributed by atoms with van der Waals surface area (Å²) in [5.74, 6) is 0.0401. The second-order valence-corrected chi connectivity index (χ2v) is 4.01. The minimum atomic E-state index is 0.00709. The van der Waals surface area contributed by atoms with E-state index in [1.807, 2.05) is 51.1 Å². The summed E-state index contributed by atoms with van der Waals surface area (Å²) in [6, 6.07) is 5.89. The maximum absolute atomic E-state index is 11.6. The molecule has 1 aromatic heterocycles. The first-order valence-electron chi connectivity index (χ1n) is 6.01. The Morgan fingerprint density at radius 3 is 2.88 bits per heavy atom. The Hall–Kier alpha value is -1.64. The Morgan fingerprint density at radius 1 is 1.53 bits per heavy atom. The van der Waals surface area contributed by atoms with Gasteiger partial charge in [-0.3, -0.25) is 9.78 Å². The molecule has 17 heavy (non-hydrogen) atoms. The average Bonchev–Trinajstić information content (AvgIpc) is 2.33. The molecule has 1 N–H and O–H groups in total. The van der Waals surface area contributed by atoms with Gasteiger partial charge >= 0.3 is 0 Å². The zero-order valence-corrected chi connectivity index (χ0v) is 10.7. The summed E-state index contributed by atoms with van der Waals surface area (Å²) in [7, 11) is 0. The fourth-order valence-electron chi connectivity index (χ4n) is 1.62. The van der Waals surface area contributed by atoms with Crippen molar-refractivity contribution in [3.8, 4) is 0 Å². The molecule has 0 aliphatic rings. The lowest BCUT2D eigenvalue weighted by Crippen LogP contribution is -2.28. The average molecular weight is 232 g/mol. The number of aryl methyl sites for hydroxylation is 1. The molecule has 1 atom stereocenters. The van der Waals surface area contributed by atoms with E-state index in [1.165, 1.54) is 0 Å². The van der Waals surface area contributed by atoms with Gasteiger partial charge < -0.3 is 5.32 Å². The van der Waals surface area contributed by atoms with Crippen LogP contribution in [0.4, 0.5) is 0 Å². The van der Waals surface area contributed by atoms with E-state index in [0.29, 0.717) is 6.42 Å². The van der Waals surface area contributed by atoms with Gasteiger partial charge in [-0.25, -0.2) is 0 Å². The lowest BCUT2D eigenvalue weighted by Gasteiger charge is -2.16. The van der Waals surface area contributed by atoms with E-state index in [2.05, 4.69) is 10.3 Å². The molecule has 0 aliphatic carbocycles. The van der Waals surface area contributed by atoms with Gasteiger partial charge in [-0.15, -0.1) is 0 Å². The maximum Gasteiger partial charge on any atom is 0.224 e. The molecule has 0 saturated heterocycles. The van der Waals surface area contributed by atoms with E-state index in [1.54, 1.807) is 0 Å². The monoisotopic (exact) mass is 232 g/mol. The van der Waals surface area contributed by atoms with Crippen LogP contribution in [0.1, 0.15) is 44.1 Å².